The molecule has 1 fully saturated rings. The molecule has 0 saturated carbocycles. The third-order valence-corrected chi connectivity index (χ3v) is 4.16. The molecule has 1 amide bonds. The summed E-state index contributed by atoms with van der Waals surface area (Å²) < 4.78 is 28.1. The maximum atomic E-state index is 11.7. The maximum absolute atomic E-state index is 11.7. The lowest BCUT2D eigenvalue weighted by atomic mass is 10.1. The number of hydrogen-bond acceptors (Lipinski definition) is 4. The van der Waals surface area contributed by atoms with Crippen LogP contribution in [-0.4, -0.2) is 30.8 Å². The number of hydroxylamine groups is 2. The maximum Gasteiger partial charge on any atom is 0.310 e. The van der Waals surface area contributed by atoms with Gasteiger partial charge >= 0.3 is 10.1 Å². The summed E-state index contributed by atoms with van der Waals surface area (Å²) in [5, 5.41) is 2.31. The highest BCUT2D eigenvalue weighted by molar-refractivity contribution is 9.09. The quantitative estimate of drug-likeness (QED) is 0.604. The number of halogens is 1. The number of β-lactam (4-membered cyclic amide) rings is 1. The van der Waals surface area contributed by atoms with Gasteiger partial charge in [-0.3, -0.25) is 4.79 Å². The van der Waals surface area contributed by atoms with Crippen molar-refractivity contribution in [1.29, 1.82) is 0 Å². The molecule has 0 aromatic heterocycles. The zero-order chi connectivity index (χ0) is 13.9. The molecular formula is C12H12BrNO4S. The third kappa shape index (κ3) is 3.65. The SMILES string of the molecule is O=C1CC(CBr)N1OS(=O)(=O)/C=C/c1ccccc1. The first kappa shape index (κ1) is 14.2. The van der Waals surface area contributed by atoms with Crippen molar-refractivity contribution in [3.63, 3.8) is 0 Å². The number of nitrogens with zero attached hydrogens (tertiary/aromatic N) is 1. The first-order chi connectivity index (χ1) is 9.02. The van der Waals surface area contributed by atoms with E-state index in [-0.39, 0.29) is 11.9 Å². The number of amides is 1. The molecule has 0 bridgehead atoms. The van der Waals surface area contributed by atoms with Crippen LogP contribution in [0.25, 0.3) is 6.08 Å². The Morgan fingerprint density at radius 3 is 2.63 bits per heavy atom. The molecule has 19 heavy (non-hydrogen) atoms. The van der Waals surface area contributed by atoms with Crippen molar-refractivity contribution in [2.75, 3.05) is 5.33 Å². The van der Waals surface area contributed by atoms with Gasteiger partial charge < -0.3 is 0 Å². The van der Waals surface area contributed by atoms with E-state index in [1.807, 2.05) is 6.07 Å². The number of hydrogen-bond donors (Lipinski definition) is 0. The standard InChI is InChI=1S/C12H12BrNO4S/c13-9-11-8-12(15)14(11)18-19(16,17)7-6-10-4-2-1-3-5-10/h1-7,11H,8-9H2/b7-6+. The van der Waals surface area contributed by atoms with Crippen LogP contribution in [0.2, 0.25) is 0 Å². The molecule has 0 aliphatic carbocycles. The number of alkyl halides is 1. The Morgan fingerprint density at radius 1 is 1.37 bits per heavy atom. The summed E-state index contributed by atoms with van der Waals surface area (Å²) in [6, 6.07) is 8.73. The molecule has 0 N–H and O–H groups in total. The van der Waals surface area contributed by atoms with Gasteiger partial charge in [0.15, 0.2) is 0 Å². The monoisotopic (exact) mass is 345 g/mol. The van der Waals surface area contributed by atoms with Gasteiger partial charge in [-0.2, -0.15) is 13.5 Å². The molecule has 0 spiro atoms. The van der Waals surface area contributed by atoms with E-state index in [1.165, 1.54) is 6.08 Å². The Hall–Kier alpha value is -1.18. The van der Waals surface area contributed by atoms with Gasteiger partial charge in [0.2, 0.25) is 5.91 Å². The van der Waals surface area contributed by atoms with E-state index in [4.69, 9.17) is 4.28 Å². The first-order valence-electron chi connectivity index (χ1n) is 5.57. The highest BCUT2D eigenvalue weighted by Gasteiger charge is 2.39. The van der Waals surface area contributed by atoms with Crippen LogP contribution in [0.1, 0.15) is 12.0 Å². The Balaban J connectivity index is 2.03. The van der Waals surface area contributed by atoms with E-state index >= 15 is 0 Å². The van der Waals surface area contributed by atoms with Crippen LogP contribution in [0.15, 0.2) is 35.7 Å². The molecule has 1 aliphatic rings. The molecule has 0 radical (unpaired) electrons. The average Bonchev–Trinajstić information content (AvgIpc) is 2.41. The lowest BCUT2D eigenvalue weighted by Gasteiger charge is -2.36. The Labute approximate surface area is 120 Å². The second-order valence-electron chi connectivity index (χ2n) is 4.01. The zero-order valence-electron chi connectivity index (χ0n) is 9.90. The van der Waals surface area contributed by atoms with Crippen LogP contribution in [0, 0.1) is 0 Å². The summed E-state index contributed by atoms with van der Waals surface area (Å²) in [6.45, 7) is 0. The smallest absolute Gasteiger partial charge is 0.272 e. The molecule has 1 atom stereocenters. The van der Waals surface area contributed by atoms with Crippen molar-refractivity contribution in [1.82, 2.24) is 5.06 Å². The van der Waals surface area contributed by atoms with Gasteiger partial charge in [-0.1, -0.05) is 46.3 Å². The molecule has 1 aromatic carbocycles. The third-order valence-electron chi connectivity index (χ3n) is 2.58. The van der Waals surface area contributed by atoms with Crippen LogP contribution in [0.3, 0.4) is 0 Å². The van der Waals surface area contributed by atoms with Crippen LogP contribution >= 0.6 is 15.9 Å². The summed E-state index contributed by atoms with van der Waals surface area (Å²) in [5.74, 6) is -0.332. The van der Waals surface area contributed by atoms with Gasteiger partial charge in [-0.15, -0.1) is 4.28 Å². The normalized spacial score (nSPS) is 19.7. The number of benzene rings is 1. The van der Waals surface area contributed by atoms with Gasteiger partial charge in [-0.25, -0.2) is 0 Å². The van der Waals surface area contributed by atoms with Crippen LogP contribution < -0.4 is 0 Å². The van der Waals surface area contributed by atoms with Gasteiger partial charge in [0, 0.05) is 5.33 Å². The van der Waals surface area contributed by atoms with Gasteiger partial charge in [-0.05, 0) is 11.6 Å². The van der Waals surface area contributed by atoms with E-state index in [9.17, 15) is 13.2 Å². The summed E-state index contributed by atoms with van der Waals surface area (Å²) in [4.78, 5) is 11.2. The molecule has 1 saturated heterocycles. The fourth-order valence-corrected chi connectivity index (χ4v) is 2.84. The zero-order valence-corrected chi connectivity index (χ0v) is 12.3. The van der Waals surface area contributed by atoms with Gasteiger partial charge in [0.1, 0.15) is 0 Å². The lowest BCUT2D eigenvalue weighted by molar-refractivity contribution is -0.185. The first-order valence-corrected chi connectivity index (χ1v) is 8.17. The van der Waals surface area contributed by atoms with Crippen LogP contribution in [0.5, 0.6) is 0 Å². The molecule has 102 valence electrons. The van der Waals surface area contributed by atoms with Crippen LogP contribution in [0.4, 0.5) is 0 Å². The van der Waals surface area contributed by atoms with E-state index < -0.39 is 10.1 Å². The summed E-state index contributed by atoms with van der Waals surface area (Å²) >= 11 is 3.19. The summed E-state index contributed by atoms with van der Waals surface area (Å²) in [7, 11) is -3.91. The van der Waals surface area contributed by atoms with Crippen molar-refractivity contribution in [3.05, 3.63) is 41.3 Å². The second kappa shape index (κ2) is 5.85. The second-order valence-corrected chi connectivity index (χ2v) is 6.07. The molecule has 1 aromatic rings. The molecule has 1 aliphatic heterocycles. The minimum Gasteiger partial charge on any atom is -0.272 e. The van der Waals surface area contributed by atoms with E-state index in [0.717, 1.165) is 16.0 Å². The van der Waals surface area contributed by atoms with Crippen molar-refractivity contribution in [3.8, 4) is 0 Å². The van der Waals surface area contributed by atoms with Crippen LogP contribution in [-0.2, 0) is 19.2 Å². The minimum atomic E-state index is -3.91. The summed E-state index contributed by atoms with van der Waals surface area (Å²) in [5.41, 5.74) is 0.738. The fourth-order valence-electron chi connectivity index (χ4n) is 1.55. The van der Waals surface area contributed by atoms with Gasteiger partial charge in [0.25, 0.3) is 0 Å². The van der Waals surface area contributed by atoms with Crippen molar-refractivity contribution in [2.45, 2.75) is 12.5 Å². The summed E-state index contributed by atoms with van der Waals surface area (Å²) in [6.07, 6.45) is 1.71. The molecule has 5 nitrogen and oxygen atoms in total. The predicted octanol–water partition coefficient (Wildman–Crippen LogP) is 1.91. The number of carbonyl (C=O) groups excluding carboxylic acids is 1. The number of carbonyl (C=O) groups is 1. The fraction of sp³-hybridized carbons (Fsp3) is 0.250. The van der Waals surface area contributed by atoms with Gasteiger partial charge in [0.05, 0.1) is 17.9 Å². The van der Waals surface area contributed by atoms with E-state index in [0.29, 0.717) is 11.8 Å². The largest absolute Gasteiger partial charge is 0.310 e. The Kier molecular flexibility index (Phi) is 4.38. The molecule has 1 unspecified atom stereocenters. The van der Waals surface area contributed by atoms with Crippen molar-refractivity contribution < 1.29 is 17.5 Å². The lowest BCUT2D eigenvalue weighted by Crippen LogP contribution is -2.53. The molecule has 7 heteroatoms. The Morgan fingerprint density at radius 2 is 2.05 bits per heavy atom. The molecule has 1 heterocycles. The van der Waals surface area contributed by atoms with Crippen molar-refractivity contribution >= 4 is 38.0 Å². The molecule has 2 rings (SSSR count). The predicted molar refractivity (Wildman–Crippen MR) is 74.5 cm³/mol. The average molecular weight is 346 g/mol. The minimum absolute atomic E-state index is 0.229. The highest BCUT2D eigenvalue weighted by Crippen LogP contribution is 2.23. The topological polar surface area (TPSA) is 63.7 Å². The number of rotatable bonds is 5. The van der Waals surface area contributed by atoms with E-state index in [2.05, 4.69) is 15.9 Å². The Bertz CT molecular complexity index is 585. The molecular weight excluding hydrogens is 334 g/mol. The van der Waals surface area contributed by atoms with Crippen molar-refractivity contribution in [2.24, 2.45) is 0 Å². The van der Waals surface area contributed by atoms with E-state index in [1.54, 1.807) is 24.3 Å². The highest BCUT2D eigenvalue weighted by atomic mass is 79.9.